The Morgan fingerprint density at radius 2 is 1.31 bits per heavy atom. The fraction of sp³-hybridized carbons (Fsp3) is 0.300. The Balaban J connectivity index is 2.25. The molecule has 1 saturated heterocycles. The Hall–Kier alpha value is -2.95. The van der Waals surface area contributed by atoms with Crippen molar-refractivity contribution < 1.29 is 23.8 Å². The Labute approximate surface area is 151 Å². The molecular weight excluding hydrogens is 332 g/mol. The van der Waals surface area contributed by atoms with E-state index < -0.39 is 17.0 Å². The quantitative estimate of drug-likeness (QED) is 0.626. The molecule has 2 aromatic rings. The van der Waals surface area contributed by atoms with E-state index in [2.05, 4.69) is 4.79 Å². The van der Waals surface area contributed by atoms with E-state index in [0.29, 0.717) is 22.6 Å². The van der Waals surface area contributed by atoms with Crippen LogP contribution in [0.2, 0.25) is 0 Å². The number of methoxy groups -OCH3 is 2. The highest BCUT2D eigenvalue weighted by molar-refractivity contribution is 6.45. The van der Waals surface area contributed by atoms with Gasteiger partial charge in [-0.25, -0.2) is 0 Å². The zero-order valence-electron chi connectivity index (χ0n) is 15.1. The second kappa shape index (κ2) is 6.41. The molecular formula is C20H20N2O4. The SMILES string of the molecule is COc1ccc(C2(c3ccc(OC)cc3)OC(C)(C)C(=[N+]=[N-])C2=O)cc1. The standard InChI is InChI=1S/C20H20N2O4/c1-19(2)17(22-21)18(23)20(26-19,13-5-9-15(24-3)10-6-13)14-7-11-16(25-4)12-8-14/h5-12H,1-4H3. The first-order valence-corrected chi connectivity index (χ1v) is 8.15. The van der Waals surface area contributed by atoms with Crippen LogP contribution in [0, 0.1) is 0 Å². The molecule has 0 radical (unpaired) electrons. The molecule has 0 aromatic heterocycles. The molecule has 0 unspecified atom stereocenters. The maximum atomic E-state index is 13.3. The molecule has 0 atom stereocenters. The summed E-state index contributed by atoms with van der Waals surface area (Å²) in [5, 5.41) is 0. The van der Waals surface area contributed by atoms with Crippen molar-refractivity contribution in [3.05, 3.63) is 65.2 Å². The highest BCUT2D eigenvalue weighted by Crippen LogP contribution is 2.45. The van der Waals surface area contributed by atoms with Crippen molar-refractivity contribution in [1.29, 1.82) is 0 Å². The maximum Gasteiger partial charge on any atom is 0.369 e. The number of hydrogen-bond donors (Lipinski definition) is 0. The van der Waals surface area contributed by atoms with Gasteiger partial charge in [0, 0.05) is 0 Å². The van der Waals surface area contributed by atoms with Gasteiger partial charge in [0.2, 0.25) is 0 Å². The summed E-state index contributed by atoms with van der Waals surface area (Å²) in [7, 11) is 3.15. The molecule has 0 amide bonds. The van der Waals surface area contributed by atoms with E-state index in [1.807, 2.05) is 0 Å². The lowest BCUT2D eigenvalue weighted by molar-refractivity contribution is -0.132. The van der Waals surface area contributed by atoms with E-state index in [1.54, 1.807) is 76.6 Å². The fourth-order valence-corrected chi connectivity index (χ4v) is 3.28. The van der Waals surface area contributed by atoms with Gasteiger partial charge in [-0.05, 0) is 49.2 Å². The lowest BCUT2D eigenvalue weighted by atomic mass is 9.82. The van der Waals surface area contributed by atoms with Gasteiger partial charge in [-0.3, -0.25) is 4.79 Å². The molecule has 0 bridgehead atoms. The third-order valence-corrected chi connectivity index (χ3v) is 4.61. The van der Waals surface area contributed by atoms with Crippen LogP contribution in [-0.4, -0.2) is 36.1 Å². The summed E-state index contributed by atoms with van der Waals surface area (Å²) in [5.41, 5.74) is 8.17. The summed E-state index contributed by atoms with van der Waals surface area (Å²) in [6, 6.07) is 14.1. The topological polar surface area (TPSA) is 81.2 Å². The number of carbonyl (C=O) groups excluding carboxylic acids is 1. The molecule has 0 N–H and O–H groups in total. The summed E-state index contributed by atoms with van der Waals surface area (Å²) in [6.45, 7) is 3.41. The Bertz CT molecular complexity index is 832. The summed E-state index contributed by atoms with van der Waals surface area (Å²) in [6.07, 6.45) is 0. The van der Waals surface area contributed by atoms with E-state index in [1.165, 1.54) is 0 Å². The third kappa shape index (κ3) is 2.60. The first-order chi connectivity index (χ1) is 12.4. The number of rotatable bonds is 4. The molecule has 3 rings (SSSR count). The van der Waals surface area contributed by atoms with E-state index in [-0.39, 0.29) is 5.71 Å². The van der Waals surface area contributed by atoms with Crippen molar-refractivity contribution in [2.45, 2.75) is 25.0 Å². The minimum atomic E-state index is -1.41. The van der Waals surface area contributed by atoms with Crippen LogP contribution in [0.1, 0.15) is 25.0 Å². The first kappa shape index (κ1) is 17.9. The number of Topliss-reactive ketones (excluding diaryl/α,β-unsaturated/α-hetero) is 1. The molecule has 26 heavy (non-hydrogen) atoms. The molecule has 0 saturated carbocycles. The molecule has 1 aliphatic rings. The summed E-state index contributed by atoms with van der Waals surface area (Å²) in [4.78, 5) is 16.5. The van der Waals surface area contributed by atoms with E-state index in [9.17, 15) is 10.3 Å². The van der Waals surface area contributed by atoms with Crippen molar-refractivity contribution in [3.8, 4) is 11.5 Å². The van der Waals surface area contributed by atoms with Gasteiger partial charge >= 0.3 is 5.71 Å². The number of carbonyl (C=O) groups is 1. The van der Waals surface area contributed by atoms with Gasteiger partial charge in [-0.15, -0.1) is 0 Å². The molecule has 1 heterocycles. The minimum absolute atomic E-state index is 0.0239. The summed E-state index contributed by atoms with van der Waals surface area (Å²) in [5.74, 6) is 0.930. The van der Waals surface area contributed by atoms with Gasteiger partial charge in [0.25, 0.3) is 5.78 Å². The zero-order valence-corrected chi connectivity index (χ0v) is 15.1. The molecule has 2 aromatic carbocycles. The second-order valence-corrected chi connectivity index (χ2v) is 6.53. The average Bonchev–Trinajstić information content (AvgIpc) is 2.87. The summed E-state index contributed by atoms with van der Waals surface area (Å²) >= 11 is 0. The van der Waals surface area contributed by atoms with Crippen LogP contribution < -0.4 is 9.47 Å². The van der Waals surface area contributed by atoms with Crippen molar-refractivity contribution >= 4 is 11.5 Å². The van der Waals surface area contributed by atoms with Gasteiger partial charge in [-0.1, -0.05) is 24.3 Å². The Kier molecular flexibility index (Phi) is 4.40. The van der Waals surface area contributed by atoms with Gasteiger partial charge in [0.15, 0.2) is 11.2 Å². The van der Waals surface area contributed by atoms with Gasteiger partial charge in [0.1, 0.15) is 11.5 Å². The van der Waals surface area contributed by atoms with E-state index in [0.717, 1.165) is 0 Å². The Morgan fingerprint density at radius 3 is 1.62 bits per heavy atom. The van der Waals surface area contributed by atoms with Gasteiger partial charge in [-0.2, -0.15) is 4.79 Å². The highest BCUT2D eigenvalue weighted by Gasteiger charge is 2.63. The van der Waals surface area contributed by atoms with Crippen molar-refractivity contribution in [1.82, 2.24) is 0 Å². The van der Waals surface area contributed by atoms with E-state index in [4.69, 9.17) is 14.2 Å². The van der Waals surface area contributed by atoms with Crippen LogP contribution in [0.15, 0.2) is 48.5 Å². The van der Waals surface area contributed by atoms with Crippen LogP contribution in [0.4, 0.5) is 0 Å². The first-order valence-electron chi connectivity index (χ1n) is 8.15. The highest BCUT2D eigenvalue weighted by atomic mass is 16.5. The number of nitrogens with zero attached hydrogens (tertiary/aromatic N) is 2. The fourth-order valence-electron chi connectivity index (χ4n) is 3.28. The molecule has 0 aliphatic carbocycles. The normalized spacial score (nSPS) is 17.7. The van der Waals surface area contributed by atoms with Gasteiger partial charge < -0.3 is 19.7 Å². The molecule has 1 fully saturated rings. The minimum Gasteiger partial charge on any atom is -0.497 e. The largest absolute Gasteiger partial charge is 0.497 e. The Morgan fingerprint density at radius 1 is 0.885 bits per heavy atom. The zero-order chi connectivity index (χ0) is 18.9. The predicted molar refractivity (Wildman–Crippen MR) is 95.6 cm³/mol. The number of ether oxygens (including phenoxy) is 3. The molecule has 134 valence electrons. The van der Waals surface area contributed by atoms with Gasteiger partial charge in [0.05, 0.1) is 14.2 Å². The lowest BCUT2D eigenvalue weighted by Crippen LogP contribution is -2.36. The molecule has 6 nitrogen and oxygen atoms in total. The van der Waals surface area contributed by atoms with E-state index >= 15 is 0 Å². The van der Waals surface area contributed by atoms with Crippen molar-refractivity contribution in [2.24, 2.45) is 0 Å². The third-order valence-electron chi connectivity index (χ3n) is 4.61. The smallest absolute Gasteiger partial charge is 0.369 e. The molecule has 1 aliphatic heterocycles. The lowest BCUT2D eigenvalue weighted by Gasteiger charge is -2.29. The van der Waals surface area contributed by atoms with Crippen LogP contribution in [-0.2, 0) is 15.1 Å². The maximum absolute atomic E-state index is 13.3. The molecule has 6 heteroatoms. The van der Waals surface area contributed by atoms with Crippen LogP contribution in [0.3, 0.4) is 0 Å². The predicted octanol–water partition coefficient (Wildman–Crippen LogP) is 3.00. The molecule has 0 spiro atoms. The number of ketones is 1. The monoisotopic (exact) mass is 352 g/mol. The van der Waals surface area contributed by atoms with Crippen LogP contribution in [0.5, 0.6) is 11.5 Å². The van der Waals surface area contributed by atoms with Crippen LogP contribution >= 0.6 is 0 Å². The van der Waals surface area contributed by atoms with Crippen molar-refractivity contribution in [2.75, 3.05) is 14.2 Å². The van der Waals surface area contributed by atoms with Crippen molar-refractivity contribution in [3.63, 3.8) is 0 Å². The average molecular weight is 352 g/mol. The number of hydrogen-bond acceptors (Lipinski definition) is 4. The van der Waals surface area contributed by atoms with Crippen LogP contribution in [0.25, 0.3) is 5.53 Å². The summed E-state index contributed by atoms with van der Waals surface area (Å²) < 4.78 is 16.7. The number of benzene rings is 2. The second-order valence-electron chi connectivity index (χ2n) is 6.53.